The topological polar surface area (TPSA) is 9.23 Å². The number of hydrogen-bond acceptors (Lipinski definition) is 1. The summed E-state index contributed by atoms with van der Waals surface area (Å²) < 4.78 is 5.55. The summed E-state index contributed by atoms with van der Waals surface area (Å²) in [6, 6.07) is 0. The number of hydrogen-bond donors (Lipinski definition) is 0. The third kappa shape index (κ3) is 2.70. The largest absolute Gasteiger partial charge is 0.372 e. The molecule has 0 spiro atoms. The first-order valence-electron chi connectivity index (χ1n) is 4.41. The van der Waals surface area contributed by atoms with E-state index in [0.29, 0.717) is 0 Å². The smallest absolute Gasteiger partial charge is 0.0970 e. The van der Waals surface area contributed by atoms with Crippen molar-refractivity contribution in [3.63, 3.8) is 0 Å². The molecule has 0 aliphatic heterocycles. The van der Waals surface area contributed by atoms with Gasteiger partial charge in [-0.2, -0.15) is 0 Å². The Labute approximate surface area is 63.8 Å². The van der Waals surface area contributed by atoms with Crippen LogP contribution in [0.1, 0.15) is 45.4 Å². The Bertz CT molecular complexity index is 74.8. The average Bonchev–Trinajstić information content (AvgIpc) is 2.03. The molecule has 1 saturated carbocycles. The lowest BCUT2D eigenvalue weighted by Gasteiger charge is -2.20. The van der Waals surface area contributed by atoms with Crippen LogP contribution in [0.3, 0.4) is 0 Å². The van der Waals surface area contributed by atoms with Gasteiger partial charge in [-0.3, -0.25) is 0 Å². The zero-order valence-corrected chi connectivity index (χ0v) is 6.86. The van der Waals surface area contributed by atoms with E-state index >= 15 is 0 Å². The molecule has 1 rings (SSSR count). The third-order valence-electron chi connectivity index (χ3n) is 1.92. The summed E-state index contributed by atoms with van der Waals surface area (Å²) in [6.07, 6.45) is 9.04. The Morgan fingerprint density at radius 3 is 2.50 bits per heavy atom. The van der Waals surface area contributed by atoms with E-state index < -0.39 is 0 Å². The predicted molar refractivity (Wildman–Crippen MR) is 42.6 cm³/mol. The fraction of sp³-hybridized carbons (Fsp3) is 0.889. The molecule has 1 aliphatic rings. The molecule has 0 bridgehead atoms. The van der Waals surface area contributed by atoms with Gasteiger partial charge in [-0.1, -0.05) is 26.2 Å². The molecular weight excluding hydrogens is 124 g/mol. The van der Waals surface area contributed by atoms with Gasteiger partial charge in [0.2, 0.25) is 0 Å². The van der Waals surface area contributed by atoms with Crippen LogP contribution >= 0.6 is 0 Å². The molecular formula is C9H17O. The predicted octanol–water partition coefficient (Wildman–Crippen LogP) is 2.91. The van der Waals surface area contributed by atoms with E-state index in [1.807, 2.05) is 0 Å². The second kappa shape index (κ2) is 4.73. The zero-order valence-electron chi connectivity index (χ0n) is 6.86. The van der Waals surface area contributed by atoms with Crippen molar-refractivity contribution >= 4 is 0 Å². The second-order valence-electron chi connectivity index (χ2n) is 2.95. The van der Waals surface area contributed by atoms with Crippen molar-refractivity contribution < 1.29 is 4.74 Å². The van der Waals surface area contributed by atoms with Gasteiger partial charge in [-0.25, -0.2) is 0 Å². The van der Waals surface area contributed by atoms with Crippen molar-refractivity contribution in [1.82, 2.24) is 0 Å². The molecule has 1 aliphatic carbocycles. The molecule has 59 valence electrons. The normalized spacial score (nSPS) is 21.3. The maximum absolute atomic E-state index is 5.55. The molecule has 0 unspecified atom stereocenters. The maximum atomic E-state index is 5.55. The van der Waals surface area contributed by atoms with Gasteiger partial charge in [-0.05, 0) is 19.3 Å². The summed E-state index contributed by atoms with van der Waals surface area (Å²) in [4.78, 5) is 0. The monoisotopic (exact) mass is 141 g/mol. The lowest BCUT2D eigenvalue weighted by Crippen LogP contribution is -2.08. The molecule has 0 N–H and O–H groups in total. The lowest BCUT2D eigenvalue weighted by molar-refractivity contribution is 0.113. The molecule has 0 aromatic heterocycles. The lowest BCUT2D eigenvalue weighted by atomic mass is 9.98. The Balaban J connectivity index is 2.02. The summed E-state index contributed by atoms with van der Waals surface area (Å²) >= 11 is 0. The molecule has 1 radical (unpaired) electrons. The summed E-state index contributed by atoms with van der Waals surface area (Å²) in [5, 5.41) is 0. The van der Waals surface area contributed by atoms with Crippen LogP contribution in [-0.4, -0.2) is 6.61 Å². The fourth-order valence-corrected chi connectivity index (χ4v) is 1.34. The van der Waals surface area contributed by atoms with Gasteiger partial charge in [0.05, 0.1) is 6.10 Å². The van der Waals surface area contributed by atoms with E-state index in [9.17, 15) is 0 Å². The minimum absolute atomic E-state index is 0.926. The number of ether oxygens (including phenoxy) is 1. The van der Waals surface area contributed by atoms with Gasteiger partial charge >= 0.3 is 0 Å². The van der Waals surface area contributed by atoms with Gasteiger partial charge in [0.1, 0.15) is 0 Å². The van der Waals surface area contributed by atoms with Crippen LogP contribution in [0.2, 0.25) is 0 Å². The molecule has 10 heavy (non-hydrogen) atoms. The van der Waals surface area contributed by atoms with Crippen molar-refractivity contribution in [2.24, 2.45) is 0 Å². The highest BCUT2D eigenvalue weighted by Crippen LogP contribution is 2.26. The molecule has 0 atom stereocenters. The molecule has 0 saturated heterocycles. The average molecular weight is 141 g/mol. The summed E-state index contributed by atoms with van der Waals surface area (Å²) in [5.41, 5.74) is 0. The van der Waals surface area contributed by atoms with Crippen LogP contribution in [-0.2, 0) is 4.74 Å². The fourth-order valence-electron chi connectivity index (χ4n) is 1.34. The van der Waals surface area contributed by atoms with Gasteiger partial charge < -0.3 is 4.74 Å². The summed E-state index contributed by atoms with van der Waals surface area (Å²) in [6.45, 7) is 3.08. The number of rotatable bonds is 3. The first-order valence-corrected chi connectivity index (χ1v) is 4.41. The van der Waals surface area contributed by atoms with Gasteiger partial charge in [0, 0.05) is 6.61 Å². The van der Waals surface area contributed by atoms with Crippen molar-refractivity contribution in [2.75, 3.05) is 6.61 Å². The van der Waals surface area contributed by atoms with E-state index in [1.165, 1.54) is 38.2 Å². The van der Waals surface area contributed by atoms with Crippen LogP contribution in [0.4, 0.5) is 0 Å². The highest BCUT2D eigenvalue weighted by molar-refractivity contribution is 4.81. The van der Waals surface area contributed by atoms with Crippen molar-refractivity contribution in [1.29, 1.82) is 0 Å². The molecule has 0 aromatic carbocycles. The summed E-state index contributed by atoms with van der Waals surface area (Å²) in [7, 11) is 0. The van der Waals surface area contributed by atoms with E-state index in [-0.39, 0.29) is 0 Å². The zero-order chi connectivity index (χ0) is 7.23. The highest BCUT2D eigenvalue weighted by atomic mass is 16.5. The molecule has 1 fully saturated rings. The van der Waals surface area contributed by atoms with E-state index in [4.69, 9.17) is 4.74 Å². The van der Waals surface area contributed by atoms with Gasteiger partial charge in [-0.15, -0.1) is 0 Å². The first-order chi connectivity index (χ1) is 4.93. The Hall–Kier alpha value is -0.0400. The Morgan fingerprint density at radius 1 is 1.20 bits per heavy atom. The van der Waals surface area contributed by atoms with E-state index in [1.54, 1.807) is 0 Å². The van der Waals surface area contributed by atoms with E-state index in [2.05, 4.69) is 6.92 Å². The third-order valence-corrected chi connectivity index (χ3v) is 1.92. The molecule has 1 nitrogen and oxygen atoms in total. The van der Waals surface area contributed by atoms with Crippen LogP contribution in [0.25, 0.3) is 0 Å². The van der Waals surface area contributed by atoms with Gasteiger partial charge in [0.15, 0.2) is 0 Å². The molecule has 0 amide bonds. The van der Waals surface area contributed by atoms with Crippen molar-refractivity contribution in [3.05, 3.63) is 6.10 Å². The van der Waals surface area contributed by atoms with Crippen LogP contribution in [0.5, 0.6) is 0 Å². The quantitative estimate of drug-likeness (QED) is 0.587. The minimum Gasteiger partial charge on any atom is -0.372 e. The molecule has 0 heterocycles. The summed E-state index contributed by atoms with van der Waals surface area (Å²) in [5.74, 6) is 0. The maximum Gasteiger partial charge on any atom is 0.0970 e. The van der Waals surface area contributed by atoms with Crippen LogP contribution < -0.4 is 0 Å². The molecule has 0 aromatic rings. The SMILES string of the molecule is CCCO[C]1CCCCC1. The molecule has 1 heteroatoms. The van der Waals surface area contributed by atoms with Crippen molar-refractivity contribution in [2.45, 2.75) is 45.4 Å². The Morgan fingerprint density at radius 2 is 1.90 bits per heavy atom. The van der Waals surface area contributed by atoms with E-state index in [0.717, 1.165) is 13.0 Å². The highest BCUT2D eigenvalue weighted by Gasteiger charge is 2.13. The van der Waals surface area contributed by atoms with Crippen LogP contribution in [0, 0.1) is 6.10 Å². The Kier molecular flexibility index (Phi) is 3.81. The van der Waals surface area contributed by atoms with Gasteiger partial charge in [0.25, 0.3) is 0 Å². The first kappa shape index (κ1) is 8.06. The van der Waals surface area contributed by atoms with Crippen molar-refractivity contribution in [3.8, 4) is 0 Å². The minimum atomic E-state index is 0.926. The van der Waals surface area contributed by atoms with Crippen LogP contribution in [0.15, 0.2) is 0 Å². The second-order valence-corrected chi connectivity index (χ2v) is 2.95. The standard InChI is InChI=1S/C9H17O/c1-2-8-10-9-6-4-3-5-7-9/h2-8H2,1H3.